The largest absolute Gasteiger partial charge is 2.00 e. The number of carbonyl (C=O) groups is 2. The fraction of sp³-hybridized carbons (Fsp3) is 0.515. The molecule has 0 aliphatic carbocycles. The molecule has 235 valence electrons. The summed E-state index contributed by atoms with van der Waals surface area (Å²) in [7, 11) is 0. The first-order valence-electron chi connectivity index (χ1n) is 14.1. The molecule has 2 N–H and O–H groups in total. The van der Waals surface area contributed by atoms with E-state index in [-0.39, 0.29) is 28.6 Å². The molecular weight excluding hydrogens is 579 g/mol. The number of aromatic hydroxyl groups is 2. The van der Waals surface area contributed by atoms with Crippen molar-refractivity contribution in [2.45, 2.75) is 99.3 Å². The van der Waals surface area contributed by atoms with Crippen LogP contribution in [0.3, 0.4) is 0 Å². The van der Waals surface area contributed by atoms with Gasteiger partial charge in [-0.2, -0.15) is 0 Å². The average Bonchev–Trinajstić information content (AvgIpc) is 2.83. The van der Waals surface area contributed by atoms with E-state index in [9.17, 15) is 10.2 Å². The number of carboxylic acid groups (broad SMARTS) is 2. The van der Waals surface area contributed by atoms with Crippen molar-refractivity contribution in [3.8, 4) is 11.5 Å². The van der Waals surface area contributed by atoms with Gasteiger partial charge in [-0.05, 0) is 78.3 Å². The Bertz CT molecular complexity index is 1090. The number of carboxylic acids is 2. The van der Waals surface area contributed by atoms with E-state index in [1.54, 1.807) is 12.4 Å². The van der Waals surface area contributed by atoms with Crippen LogP contribution in [0.15, 0.2) is 34.3 Å². The molecule has 0 saturated heterocycles. The van der Waals surface area contributed by atoms with Gasteiger partial charge in [0.05, 0.1) is 0 Å². The zero-order chi connectivity index (χ0) is 31.9. The Hall–Kier alpha value is -3.17. The summed E-state index contributed by atoms with van der Waals surface area (Å²) >= 11 is 0. The Morgan fingerprint density at radius 2 is 0.952 bits per heavy atom. The van der Waals surface area contributed by atoms with E-state index in [2.05, 4.69) is 77.5 Å². The number of phenolic OH excluding ortho intramolecular Hbond substituents is 2. The first-order chi connectivity index (χ1) is 19.0. The van der Waals surface area contributed by atoms with Gasteiger partial charge in [-0.25, -0.2) is 0 Å². The molecule has 2 rings (SSSR count). The van der Waals surface area contributed by atoms with Gasteiger partial charge in [0, 0.05) is 48.6 Å². The summed E-state index contributed by atoms with van der Waals surface area (Å²) in [5.74, 6) is -0.202. The molecule has 2 aromatic rings. The SMILES string of the molecule is CC(=O)[O-].CC(=O)[O-].CC(C)c1cc(C=NCCCN=Cc2cc(C(C)C)cc(C(C)C)c2O)c(O)c(C(C)C)c1.[Co+2]. The van der Waals surface area contributed by atoms with Crippen molar-refractivity contribution in [1.29, 1.82) is 0 Å². The minimum Gasteiger partial charge on any atom is -0.550 e. The molecule has 0 amide bonds. The molecule has 42 heavy (non-hydrogen) atoms. The number of benzene rings is 2. The van der Waals surface area contributed by atoms with Crippen LogP contribution >= 0.6 is 0 Å². The second-order valence-corrected chi connectivity index (χ2v) is 11.1. The molecule has 9 heteroatoms. The van der Waals surface area contributed by atoms with E-state index in [4.69, 9.17) is 19.8 Å². The van der Waals surface area contributed by atoms with Gasteiger partial charge in [0.25, 0.3) is 0 Å². The third kappa shape index (κ3) is 15.7. The van der Waals surface area contributed by atoms with Crippen LogP contribution in [0.5, 0.6) is 11.5 Å². The molecule has 2 aromatic carbocycles. The number of hydrogen-bond donors (Lipinski definition) is 2. The molecule has 0 heterocycles. The van der Waals surface area contributed by atoms with E-state index in [0.717, 1.165) is 42.5 Å². The molecule has 0 aromatic heterocycles. The molecule has 8 nitrogen and oxygen atoms in total. The van der Waals surface area contributed by atoms with Gasteiger partial charge in [0.15, 0.2) is 0 Å². The molecule has 0 atom stereocenters. The van der Waals surface area contributed by atoms with Crippen molar-refractivity contribution in [2.24, 2.45) is 9.98 Å². The van der Waals surface area contributed by atoms with Crippen LogP contribution in [0, 0.1) is 0 Å². The Morgan fingerprint density at radius 1 is 0.667 bits per heavy atom. The fourth-order valence-electron chi connectivity index (χ4n) is 3.73. The fourth-order valence-corrected chi connectivity index (χ4v) is 3.73. The molecule has 0 spiro atoms. The predicted molar refractivity (Wildman–Crippen MR) is 163 cm³/mol. The summed E-state index contributed by atoms with van der Waals surface area (Å²) in [5.41, 5.74) is 5.93. The standard InChI is InChI=1S/C29H42N2O2.2C2H4O2.Co/c1-18(2)22-12-24(28(32)26(14-22)20(5)6)16-30-10-9-11-31-17-25-13-23(19(3)4)15-27(21(7)8)29(25)33;2*1-2(3)4;/h12-21,32-33H,9-11H2,1-8H3;2*1H3,(H,3,4);/q;;;+2/p-2. The zero-order valence-electron chi connectivity index (χ0n) is 26.7. The van der Waals surface area contributed by atoms with Gasteiger partial charge in [-0.1, -0.05) is 67.5 Å². The maximum atomic E-state index is 10.6. The van der Waals surface area contributed by atoms with Gasteiger partial charge in [0.2, 0.25) is 0 Å². The average molecular weight is 628 g/mol. The normalized spacial score (nSPS) is 11.0. The Balaban J connectivity index is 0. The van der Waals surface area contributed by atoms with Gasteiger partial charge >= 0.3 is 16.8 Å². The molecule has 0 fully saturated rings. The number of hydrogen-bond acceptors (Lipinski definition) is 8. The summed E-state index contributed by atoms with van der Waals surface area (Å²) in [6.45, 7) is 20.2. The molecule has 0 aliphatic rings. The Labute approximate surface area is 262 Å². The van der Waals surface area contributed by atoms with Crippen molar-refractivity contribution >= 4 is 24.4 Å². The number of phenols is 2. The first-order valence-corrected chi connectivity index (χ1v) is 14.1. The van der Waals surface area contributed by atoms with Gasteiger partial charge in [0.1, 0.15) is 11.5 Å². The third-order valence-electron chi connectivity index (χ3n) is 5.99. The van der Waals surface area contributed by atoms with Crippen molar-refractivity contribution in [3.63, 3.8) is 0 Å². The molecule has 0 aliphatic heterocycles. The van der Waals surface area contributed by atoms with Crippen LogP contribution in [0.1, 0.15) is 133 Å². The summed E-state index contributed by atoms with van der Waals surface area (Å²) in [4.78, 5) is 26.8. The van der Waals surface area contributed by atoms with E-state index in [1.807, 2.05) is 12.1 Å². The maximum Gasteiger partial charge on any atom is 2.00 e. The number of aliphatic carboxylic acids is 2. The molecule has 0 bridgehead atoms. The quantitative estimate of drug-likeness (QED) is 0.279. The molecule has 1 radical (unpaired) electrons. The minimum atomic E-state index is -1.08. The third-order valence-corrected chi connectivity index (χ3v) is 5.99. The van der Waals surface area contributed by atoms with Crippen molar-refractivity contribution in [3.05, 3.63) is 57.6 Å². The zero-order valence-corrected chi connectivity index (χ0v) is 27.7. The molecular formula is C33H48CoN2O6. The first kappa shape index (κ1) is 41.0. The topological polar surface area (TPSA) is 145 Å². The molecule has 0 saturated carbocycles. The Kier molecular flexibility index (Phi) is 20.2. The molecule has 0 unspecified atom stereocenters. The minimum absolute atomic E-state index is 0. The monoisotopic (exact) mass is 627 g/mol. The van der Waals surface area contributed by atoms with Gasteiger partial charge in [-0.15, -0.1) is 0 Å². The van der Waals surface area contributed by atoms with Crippen LogP contribution < -0.4 is 10.2 Å². The number of carbonyl (C=O) groups excluding carboxylic acids is 2. The smallest absolute Gasteiger partial charge is 0.550 e. The van der Waals surface area contributed by atoms with Crippen LogP contribution in [-0.2, 0) is 26.4 Å². The predicted octanol–water partition coefficient (Wildman–Crippen LogP) is 5.03. The van der Waals surface area contributed by atoms with E-state index in [1.165, 1.54) is 11.1 Å². The number of aliphatic imine (C=N–C) groups is 2. The summed E-state index contributed by atoms with van der Waals surface area (Å²) in [6, 6.07) is 8.27. The van der Waals surface area contributed by atoms with Crippen LogP contribution in [0.4, 0.5) is 0 Å². The van der Waals surface area contributed by atoms with Crippen molar-refractivity contribution in [1.82, 2.24) is 0 Å². The van der Waals surface area contributed by atoms with Gasteiger partial charge < -0.3 is 30.0 Å². The number of rotatable bonds is 10. The summed E-state index contributed by atoms with van der Waals surface area (Å²) in [6.07, 6.45) is 4.36. The van der Waals surface area contributed by atoms with E-state index < -0.39 is 11.9 Å². The van der Waals surface area contributed by atoms with Gasteiger partial charge in [-0.3, -0.25) is 9.98 Å². The van der Waals surface area contributed by atoms with Crippen molar-refractivity contribution < 1.29 is 46.8 Å². The van der Waals surface area contributed by atoms with E-state index >= 15 is 0 Å². The van der Waals surface area contributed by atoms with Crippen LogP contribution in [-0.4, -0.2) is 47.7 Å². The second kappa shape index (κ2) is 20.7. The summed E-state index contributed by atoms with van der Waals surface area (Å²) < 4.78 is 0. The second-order valence-electron chi connectivity index (χ2n) is 11.1. The Morgan fingerprint density at radius 3 is 1.19 bits per heavy atom. The number of nitrogens with zero attached hydrogens (tertiary/aromatic N) is 2. The van der Waals surface area contributed by atoms with Crippen LogP contribution in [0.25, 0.3) is 0 Å². The maximum absolute atomic E-state index is 10.6. The summed E-state index contributed by atoms with van der Waals surface area (Å²) in [5, 5.41) is 39.1. The van der Waals surface area contributed by atoms with Crippen LogP contribution in [0.2, 0.25) is 0 Å². The van der Waals surface area contributed by atoms with Crippen molar-refractivity contribution in [2.75, 3.05) is 13.1 Å². The van der Waals surface area contributed by atoms with E-state index in [0.29, 0.717) is 36.4 Å².